The van der Waals surface area contributed by atoms with Crippen molar-refractivity contribution in [2.45, 2.75) is 57.7 Å². The summed E-state index contributed by atoms with van der Waals surface area (Å²) >= 11 is 0. The lowest BCUT2D eigenvalue weighted by atomic mass is 9.83. The van der Waals surface area contributed by atoms with E-state index in [-0.39, 0.29) is 17.4 Å². The zero-order chi connectivity index (χ0) is 23.8. The summed E-state index contributed by atoms with van der Waals surface area (Å²) in [6.45, 7) is 4.98. The second-order valence-electron chi connectivity index (χ2n) is 6.96. The molecular weight excluding hydrogens is 436 g/mol. The number of rotatable bonds is 4. The molecule has 0 saturated carbocycles. The normalized spacial score (nSPS) is 17.5. The molecule has 2 unspecified atom stereocenters. The van der Waals surface area contributed by atoms with Crippen LogP contribution in [0.5, 0.6) is 5.75 Å². The second-order valence-corrected chi connectivity index (χ2v) is 6.96. The summed E-state index contributed by atoms with van der Waals surface area (Å²) in [5.41, 5.74) is -6.29. The van der Waals surface area contributed by atoms with E-state index in [1.165, 1.54) is 6.07 Å². The highest BCUT2D eigenvalue weighted by Crippen LogP contribution is 2.48. The molecule has 1 N–H and O–H groups in total. The summed E-state index contributed by atoms with van der Waals surface area (Å²) < 4.78 is 112. The van der Waals surface area contributed by atoms with E-state index in [9.17, 15) is 40.2 Å². The number of fused-ring (bicyclic) bond motifs is 1. The number of halogens is 8. The first-order valence-electron chi connectivity index (χ1n) is 9.33. The Bertz CT molecular complexity index is 936. The molecule has 31 heavy (non-hydrogen) atoms. The van der Waals surface area contributed by atoms with Crippen LogP contribution in [0.2, 0.25) is 0 Å². The Morgan fingerprint density at radius 1 is 0.968 bits per heavy atom. The van der Waals surface area contributed by atoms with Crippen molar-refractivity contribution in [1.82, 2.24) is 0 Å². The fourth-order valence-electron chi connectivity index (χ4n) is 3.23. The van der Waals surface area contributed by atoms with Crippen LogP contribution in [-0.2, 0) is 12.6 Å². The van der Waals surface area contributed by atoms with Gasteiger partial charge in [0.1, 0.15) is 23.5 Å². The molecule has 0 bridgehead atoms. The third-order valence-electron chi connectivity index (χ3n) is 4.78. The van der Waals surface area contributed by atoms with Crippen LogP contribution in [0.25, 0.3) is 0 Å². The largest absolute Gasteiger partial charge is 0.485 e. The molecule has 172 valence electrons. The number of aryl methyl sites for hydroxylation is 1. The van der Waals surface area contributed by atoms with Crippen LogP contribution >= 0.6 is 0 Å². The van der Waals surface area contributed by atoms with Crippen LogP contribution in [-0.4, -0.2) is 16.9 Å². The Balaban J connectivity index is 0.00000166. The lowest BCUT2D eigenvalue weighted by Crippen LogP contribution is -2.49. The fourth-order valence-corrected chi connectivity index (χ4v) is 3.23. The average Bonchev–Trinajstić information content (AvgIpc) is 2.65. The van der Waals surface area contributed by atoms with E-state index < -0.39 is 65.2 Å². The van der Waals surface area contributed by atoms with E-state index in [4.69, 9.17) is 4.74 Å². The van der Waals surface area contributed by atoms with Crippen molar-refractivity contribution in [3.8, 4) is 5.75 Å². The maximum Gasteiger partial charge on any atom is 0.417 e. The first-order valence-corrected chi connectivity index (χ1v) is 9.33. The first kappa shape index (κ1) is 24.9. The molecular formula is C21H20F8O2. The van der Waals surface area contributed by atoms with Crippen molar-refractivity contribution in [3.63, 3.8) is 0 Å². The summed E-state index contributed by atoms with van der Waals surface area (Å²) in [4.78, 5) is 0. The Labute approximate surface area is 173 Å². The molecule has 0 radical (unpaired) electrons. The number of benzene rings is 2. The molecule has 0 fully saturated rings. The van der Waals surface area contributed by atoms with Gasteiger partial charge in [-0.2, -0.15) is 26.3 Å². The van der Waals surface area contributed by atoms with Gasteiger partial charge in [-0.05, 0) is 48.4 Å². The minimum absolute atomic E-state index is 0.0772. The Kier molecular flexibility index (Phi) is 6.94. The van der Waals surface area contributed by atoms with Crippen molar-refractivity contribution in [2.75, 3.05) is 0 Å². The lowest BCUT2D eigenvalue weighted by molar-refractivity contribution is -0.269. The highest BCUT2D eigenvalue weighted by Gasteiger charge is 2.56. The standard InChI is InChI=1S/C19H14F8O2.C2H6/c1-9-4-11(18(22,23)24)5-10(16(9)21)7-17(28,19(25,26)27)8-15-13-6-12(20)2-3-14(13)29-15;1-2/h2-6,15,28H,7-8H2,1H3;1-2H3. The van der Waals surface area contributed by atoms with Crippen molar-refractivity contribution >= 4 is 0 Å². The monoisotopic (exact) mass is 456 g/mol. The van der Waals surface area contributed by atoms with Gasteiger partial charge < -0.3 is 9.84 Å². The van der Waals surface area contributed by atoms with Crippen LogP contribution < -0.4 is 4.74 Å². The van der Waals surface area contributed by atoms with Crippen LogP contribution in [0.4, 0.5) is 35.1 Å². The maximum absolute atomic E-state index is 14.3. The molecule has 2 aromatic carbocycles. The van der Waals surface area contributed by atoms with Gasteiger partial charge in [0.05, 0.1) is 5.56 Å². The fraction of sp³-hybridized carbons (Fsp3) is 0.429. The van der Waals surface area contributed by atoms with Crippen molar-refractivity contribution < 1.29 is 45.0 Å². The number of aliphatic hydroxyl groups is 1. The molecule has 0 aliphatic carbocycles. The van der Waals surface area contributed by atoms with Gasteiger partial charge in [0.15, 0.2) is 5.60 Å². The smallest absolute Gasteiger partial charge is 0.417 e. The Morgan fingerprint density at radius 2 is 1.58 bits per heavy atom. The number of ether oxygens (including phenoxy) is 1. The predicted molar refractivity (Wildman–Crippen MR) is 96.6 cm³/mol. The molecule has 2 aromatic rings. The zero-order valence-corrected chi connectivity index (χ0v) is 16.8. The second kappa shape index (κ2) is 8.64. The average molecular weight is 456 g/mol. The van der Waals surface area contributed by atoms with Gasteiger partial charge in [-0.1, -0.05) is 13.8 Å². The maximum atomic E-state index is 14.3. The topological polar surface area (TPSA) is 29.5 Å². The minimum atomic E-state index is -5.31. The third kappa shape index (κ3) is 5.11. The van der Waals surface area contributed by atoms with Crippen LogP contribution in [0.3, 0.4) is 0 Å². The highest BCUT2D eigenvalue weighted by molar-refractivity contribution is 5.43. The molecule has 2 nitrogen and oxygen atoms in total. The summed E-state index contributed by atoms with van der Waals surface area (Å²) in [6.07, 6.45) is -14.2. The zero-order valence-electron chi connectivity index (χ0n) is 16.8. The lowest BCUT2D eigenvalue weighted by Gasteiger charge is -2.38. The van der Waals surface area contributed by atoms with Crippen molar-refractivity contribution in [2.24, 2.45) is 0 Å². The van der Waals surface area contributed by atoms with E-state index in [0.717, 1.165) is 19.1 Å². The highest BCUT2D eigenvalue weighted by atomic mass is 19.4. The van der Waals surface area contributed by atoms with E-state index >= 15 is 0 Å². The molecule has 1 aliphatic heterocycles. The van der Waals surface area contributed by atoms with Gasteiger partial charge in [-0.25, -0.2) is 8.78 Å². The molecule has 2 atom stereocenters. The minimum Gasteiger partial charge on any atom is -0.485 e. The number of alkyl halides is 6. The molecule has 10 heteroatoms. The molecule has 0 saturated heterocycles. The molecule has 0 aromatic heterocycles. The first-order chi connectivity index (χ1) is 14.2. The van der Waals surface area contributed by atoms with Gasteiger partial charge in [0, 0.05) is 18.4 Å². The van der Waals surface area contributed by atoms with Gasteiger partial charge in [0.25, 0.3) is 0 Å². The quantitative estimate of drug-likeness (QED) is 0.521. The van der Waals surface area contributed by atoms with Crippen molar-refractivity contribution in [3.05, 3.63) is 64.2 Å². The summed E-state index contributed by atoms with van der Waals surface area (Å²) in [5, 5.41) is 10.3. The summed E-state index contributed by atoms with van der Waals surface area (Å²) in [6, 6.07) is 3.89. The van der Waals surface area contributed by atoms with Crippen LogP contribution in [0.15, 0.2) is 30.3 Å². The summed E-state index contributed by atoms with van der Waals surface area (Å²) in [5.74, 6) is -1.88. The SMILES string of the molecule is CC.Cc1cc(C(F)(F)F)cc(CC(O)(CC2Oc3ccc(F)cc32)C(F)(F)F)c1F. The molecule has 1 heterocycles. The van der Waals surface area contributed by atoms with Crippen molar-refractivity contribution in [1.29, 1.82) is 0 Å². The van der Waals surface area contributed by atoms with Crippen LogP contribution in [0.1, 0.15) is 48.6 Å². The molecule has 0 amide bonds. The van der Waals surface area contributed by atoms with E-state index in [0.29, 0.717) is 6.07 Å². The van der Waals surface area contributed by atoms with E-state index in [1.54, 1.807) is 0 Å². The van der Waals surface area contributed by atoms with E-state index in [2.05, 4.69) is 0 Å². The predicted octanol–water partition coefficient (Wildman–Crippen LogP) is 6.68. The Hall–Kier alpha value is -2.36. The molecule has 3 rings (SSSR count). The van der Waals surface area contributed by atoms with Gasteiger partial charge >= 0.3 is 12.4 Å². The number of hydrogen-bond donors (Lipinski definition) is 1. The summed E-state index contributed by atoms with van der Waals surface area (Å²) in [7, 11) is 0. The van der Waals surface area contributed by atoms with E-state index in [1.807, 2.05) is 13.8 Å². The molecule has 1 aliphatic rings. The van der Waals surface area contributed by atoms with Gasteiger partial charge in [-0.15, -0.1) is 0 Å². The third-order valence-corrected chi connectivity index (χ3v) is 4.78. The Morgan fingerprint density at radius 3 is 2.13 bits per heavy atom. The van der Waals surface area contributed by atoms with Crippen LogP contribution in [0, 0.1) is 18.6 Å². The molecule has 0 spiro atoms. The number of hydrogen-bond acceptors (Lipinski definition) is 2. The van der Waals surface area contributed by atoms with Gasteiger partial charge in [0.2, 0.25) is 0 Å². The van der Waals surface area contributed by atoms with Gasteiger partial charge in [-0.3, -0.25) is 0 Å².